The highest BCUT2D eigenvalue weighted by atomic mass is 16.1. The molecule has 0 saturated heterocycles. The molecule has 1 amide bonds. The van der Waals surface area contributed by atoms with Crippen LogP contribution in [0.4, 0.5) is 11.4 Å². The summed E-state index contributed by atoms with van der Waals surface area (Å²) in [6, 6.07) is 15.9. The first-order valence-electron chi connectivity index (χ1n) is 6.92. The lowest BCUT2D eigenvalue weighted by atomic mass is 10.1. The van der Waals surface area contributed by atoms with Crippen molar-refractivity contribution in [2.75, 3.05) is 5.32 Å². The van der Waals surface area contributed by atoms with Crippen LogP contribution in [-0.4, -0.2) is 11.6 Å². The average molecular weight is 276 g/mol. The molecular weight excluding hydrogens is 260 g/mol. The second-order valence-electron chi connectivity index (χ2n) is 5.09. The number of hydrogen-bond donors (Lipinski definition) is 1. The first-order valence-corrected chi connectivity index (χ1v) is 6.92. The Bertz CT molecular complexity index is 730. The van der Waals surface area contributed by atoms with E-state index in [9.17, 15) is 4.79 Å². The number of carbonyl (C=O) groups excluding carboxylic acids is 1. The SMILES string of the molecule is Cc1ccc2c(c1)NC(=O)CC(/C=C/c1ccccc1)=N2. The molecule has 0 aliphatic carbocycles. The summed E-state index contributed by atoms with van der Waals surface area (Å²) in [5.74, 6) is -0.0317. The molecule has 1 aliphatic rings. The van der Waals surface area contributed by atoms with Crippen LogP contribution in [0.15, 0.2) is 59.6 Å². The monoisotopic (exact) mass is 276 g/mol. The second-order valence-corrected chi connectivity index (χ2v) is 5.09. The minimum absolute atomic E-state index is 0.0317. The summed E-state index contributed by atoms with van der Waals surface area (Å²) < 4.78 is 0. The maximum absolute atomic E-state index is 12.0. The van der Waals surface area contributed by atoms with Gasteiger partial charge in [-0.25, -0.2) is 0 Å². The average Bonchev–Trinajstić information content (AvgIpc) is 2.63. The largest absolute Gasteiger partial charge is 0.324 e. The predicted molar refractivity (Wildman–Crippen MR) is 87.0 cm³/mol. The Hall–Kier alpha value is -2.68. The Kier molecular flexibility index (Phi) is 3.65. The summed E-state index contributed by atoms with van der Waals surface area (Å²) in [5.41, 5.74) is 4.54. The third kappa shape index (κ3) is 3.26. The fourth-order valence-corrected chi connectivity index (χ4v) is 2.25. The van der Waals surface area contributed by atoms with E-state index in [1.54, 1.807) is 0 Å². The molecule has 0 spiro atoms. The number of anilines is 1. The van der Waals surface area contributed by atoms with Gasteiger partial charge in [0.25, 0.3) is 0 Å². The van der Waals surface area contributed by atoms with Gasteiger partial charge in [0.1, 0.15) is 0 Å². The predicted octanol–water partition coefficient (Wildman–Crippen LogP) is 4.12. The standard InChI is InChI=1S/C18H16N2O/c1-13-7-10-16-17(11-13)20-18(21)12-15(19-16)9-8-14-5-3-2-4-6-14/h2-11H,12H2,1H3,(H,20,21)/b9-8+. The van der Waals surface area contributed by atoms with Crippen LogP contribution in [0.3, 0.4) is 0 Å². The van der Waals surface area contributed by atoms with E-state index in [1.165, 1.54) is 0 Å². The number of allylic oxidation sites excluding steroid dienone is 1. The summed E-state index contributed by atoms with van der Waals surface area (Å²) in [5, 5.41) is 2.90. The lowest BCUT2D eigenvalue weighted by Crippen LogP contribution is -2.13. The van der Waals surface area contributed by atoms with Crippen molar-refractivity contribution < 1.29 is 4.79 Å². The van der Waals surface area contributed by atoms with Gasteiger partial charge in [-0.2, -0.15) is 0 Å². The van der Waals surface area contributed by atoms with Gasteiger partial charge >= 0.3 is 0 Å². The minimum Gasteiger partial charge on any atom is -0.324 e. The van der Waals surface area contributed by atoms with Gasteiger partial charge in [0.15, 0.2) is 0 Å². The summed E-state index contributed by atoms with van der Waals surface area (Å²) in [7, 11) is 0. The van der Waals surface area contributed by atoms with Crippen molar-refractivity contribution in [3.05, 3.63) is 65.7 Å². The first kappa shape index (κ1) is 13.3. The van der Waals surface area contributed by atoms with Crippen molar-refractivity contribution in [1.82, 2.24) is 0 Å². The quantitative estimate of drug-likeness (QED) is 0.880. The molecule has 3 heteroatoms. The number of amides is 1. The number of benzene rings is 2. The van der Waals surface area contributed by atoms with Crippen LogP contribution < -0.4 is 5.32 Å². The molecular formula is C18H16N2O. The van der Waals surface area contributed by atoms with Gasteiger partial charge in [0.05, 0.1) is 23.5 Å². The number of fused-ring (bicyclic) bond motifs is 1. The smallest absolute Gasteiger partial charge is 0.230 e. The van der Waals surface area contributed by atoms with Crippen LogP contribution in [-0.2, 0) is 4.79 Å². The number of nitrogens with zero attached hydrogens (tertiary/aromatic N) is 1. The molecule has 21 heavy (non-hydrogen) atoms. The van der Waals surface area contributed by atoms with Crippen molar-refractivity contribution in [3.8, 4) is 0 Å². The number of aryl methyl sites for hydroxylation is 1. The molecule has 0 radical (unpaired) electrons. The van der Waals surface area contributed by atoms with Gasteiger partial charge in [-0.3, -0.25) is 9.79 Å². The Balaban J connectivity index is 1.93. The van der Waals surface area contributed by atoms with Crippen LogP contribution in [0.2, 0.25) is 0 Å². The molecule has 0 unspecified atom stereocenters. The van der Waals surface area contributed by atoms with Gasteiger partial charge in [0.2, 0.25) is 5.91 Å². The molecule has 2 aromatic carbocycles. The maximum Gasteiger partial charge on any atom is 0.230 e. The van der Waals surface area contributed by atoms with E-state index in [2.05, 4.69) is 10.3 Å². The van der Waals surface area contributed by atoms with Crippen molar-refractivity contribution >= 4 is 29.1 Å². The second kappa shape index (κ2) is 5.75. The third-order valence-corrected chi connectivity index (χ3v) is 3.30. The number of aliphatic imine (C=N–C) groups is 1. The van der Waals surface area contributed by atoms with E-state index in [0.717, 1.165) is 28.2 Å². The summed E-state index contributed by atoms with van der Waals surface area (Å²) in [6.45, 7) is 2.00. The van der Waals surface area contributed by atoms with Crippen molar-refractivity contribution in [1.29, 1.82) is 0 Å². The maximum atomic E-state index is 12.0. The highest BCUT2D eigenvalue weighted by molar-refractivity contribution is 6.15. The van der Waals surface area contributed by atoms with E-state index in [0.29, 0.717) is 0 Å². The van der Waals surface area contributed by atoms with Crippen LogP contribution in [0.5, 0.6) is 0 Å². The Morgan fingerprint density at radius 3 is 2.71 bits per heavy atom. The minimum atomic E-state index is -0.0317. The van der Waals surface area contributed by atoms with Crippen LogP contribution >= 0.6 is 0 Å². The molecule has 3 nitrogen and oxygen atoms in total. The zero-order valence-electron chi connectivity index (χ0n) is 11.8. The number of nitrogens with one attached hydrogen (secondary N) is 1. The van der Waals surface area contributed by atoms with Crippen LogP contribution in [0.25, 0.3) is 6.08 Å². The molecule has 0 saturated carbocycles. The van der Waals surface area contributed by atoms with Crippen molar-refractivity contribution in [2.45, 2.75) is 13.3 Å². The van der Waals surface area contributed by atoms with Crippen molar-refractivity contribution in [2.24, 2.45) is 4.99 Å². The number of carbonyl (C=O) groups is 1. The van der Waals surface area contributed by atoms with E-state index in [4.69, 9.17) is 0 Å². The molecule has 1 heterocycles. The van der Waals surface area contributed by atoms with Gasteiger partial charge < -0.3 is 5.32 Å². The molecule has 1 aliphatic heterocycles. The van der Waals surface area contributed by atoms with Gasteiger partial charge in [-0.05, 0) is 36.3 Å². The topological polar surface area (TPSA) is 41.5 Å². The van der Waals surface area contributed by atoms with Crippen molar-refractivity contribution in [3.63, 3.8) is 0 Å². The summed E-state index contributed by atoms with van der Waals surface area (Å²) in [4.78, 5) is 16.5. The highest BCUT2D eigenvalue weighted by Crippen LogP contribution is 2.29. The normalized spacial score (nSPS) is 14.3. The molecule has 3 rings (SSSR count). The van der Waals surface area contributed by atoms with Crippen LogP contribution in [0.1, 0.15) is 17.5 Å². The van der Waals surface area contributed by atoms with E-state index in [1.807, 2.05) is 67.6 Å². The van der Waals surface area contributed by atoms with E-state index >= 15 is 0 Å². The molecule has 2 aromatic rings. The van der Waals surface area contributed by atoms with Gasteiger partial charge in [-0.15, -0.1) is 0 Å². The fraction of sp³-hybridized carbons (Fsp3) is 0.111. The Labute approximate surface area is 124 Å². The molecule has 104 valence electrons. The van der Waals surface area contributed by atoms with E-state index < -0.39 is 0 Å². The first-order chi connectivity index (χ1) is 10.2. The molecule has 1 N–H and O–H groups in total. The Morgan fingerprint density at radius 2 is 1.90 bits per heavy atom. The van der Waals surface area contributed by atoms with E-state index in [-0.39, 0.29) is 12.3 Å². The van der Waals surface area contributed by atoms with Crippen LogP contribution in [0, 0.1) is 6.92 Å². The van der Waals surface area contributed by atoms with Gasteiger partial charge in [-0.1, -0.05) is 42.5 Å². The highest BCUT2D eigenvalue weighted by Gasteiger charge is 2.14. The summed E-state index contributed by atoms with van der Waals surface area (Å²) in [6.07, 6.45) is 4.17. The Morgan fingerprint density at radius 1 is 1.10 bits per heavy atom. The lowest BCUT2D eigenvalue weighted by molar-refractivity contribution is -0.115. The zero-order chi connectivity index (χ0) is 14.7. The molecule has 0 aromatic heterocycles. The molecule has 0 bridgehead atoms. The zero-order valence-corrected chi connectivity index (χ0v) is 11.8. The third-order valence-electron chi connectivity index (χ3n) is 3.30. The summed E-state index contributed by atoms with van der Waals surface area (Å²) >= 11 is 0. The fourth-order valence-electron chi connectivity index (χ4n) is 2.25. The lowest BCUT2D eigenvalue weighted by Gasteiger charge is -2.04. The molecule has 0 atom stereocenters. The number of hydrogen-bond acceptors (Lipinski definition) is 2. The van der Waals surface area contributed by atoms with Gasteiger partial charge in [0, 0.05) is 0 Å². The number of rotatable bonds is 2. The molecule has 0 fully saturated rings.